The van der Waals surface area contributed by atoms with E-state index in [0.717, 1.165) is 55.4 Å². The molecule has 0 amide bonds. The largest absolute Gasteiger partial charge is 0.376 e. The monoisotopic (exact) mass is 322 g/mol. The van der Waals surface area contributed by atoms with Crippen LogP contribution >= 0.6 is 11.8 Å². The fourth-order valence-electron chi connectivity index (χ4n) is 3.12. The van der Waals surface area contributed by atoms with E-state index in [1.807, 2.05) is 6.08 Å². The molecule has 5 nitrogen and oxygen atoms in total. The van der Waals surface area contributed by atoms with Crippen molar-refractivity contribution in [3.05, 3.63) is 12.7 Å². The van der Waals surface area contributed by atoms with E-state index in [1.54, 1.807) is 11.8 Å². The molecule has 1 aromatic heterocycles. The number of thioether (sulfide) groups is 1. The minimum absolute atomic E-state index is 0.307. The van der Waals surface area contributed by atoms with Gasteiger partial charge in [-0.3, -0.25) is 4.57 Å². The molecule has 0 saturated carbocycles. The van der Waals surface area contributed by atoms with E-state index in [9.17, 15) is 0 Å². The molecule has 1 atom stereocenters. The Morgan fingerprint density at radius 2 is 2.14 bits per heavy atom. The molecular weight excluding hydrogens is 296 g/mol. The highest BCUT2D eigenvalue weighted by atomic mass is 32.2. The van der Waals surface area contributed by atoms with Gasteiger partial charge in [-0.25, -0.2) is 0 Å². The molecule has 3 heterocycles. The maximum Gasteiger partial charge on any atom is 0.228 e. The number of hydrogen-bond acceptors (Lipinski definition) is 5. The van der Waals surface area contributed by atoms with Gasteiger partial charge in [0.1, 0.15) is 0 Å². The highest BCUT2D eigenvalue weighted by Crippen LogP contribution is 2.27. The molecule has 1 aromatic rings. The lowest BCUT2D eigenvalue weighted by molar-refractivity contribution is 0.0951. The summed E-state index contributed by atoms with van der Waals surface area (Å²) in [6.45, 7) is 10.1. The number of hydrogen-bond donors (Lipinski definition) is 0. The first-order valence-electron chi connectivity index (χ1n) is 8.31. The molecule has 6 heteroatoms. The summed E-state index contributed by atoms with van der Waals surface area (Å²) < 4.78 is 8.08. The van der Waals surface area contributed by atoms with Crippen molar-refractivity contribution in [2.24, 2.45) is 5.92 Å². The van der Waals surface area contributed by atoms with Crippen LogP contribution in [0.2, 0.25) is 0 Å². The van der Waals surface area contributed by atoms with Crippen molar-refractivity contribution in [3.63, 3.8) is 0 Å². The van der Waals surface area contributed by atoms with Gasteiger partial charge in [-0.1, -0.05) is 24.8 Å². The molecule has 2 saturated heterocycles. The van der Waals surface area contributed by atoms with E-state index in [4.69, 9.17) is 4.74 Å². The third-order valence-corrected chi connectivity index (χ3v) is 5.47. The number of anilines is 1. The van der Waals surface area contributed by atoms with Gasteiger partial charge in [-0.05, 0) is 31.6 Å². The second kappa shape index (κ2) is 7.51. The molecule has 3 rings (SSSR count). The second-order valence-electron chi connectivity index (χ2n) is 6.30. The first-order chi connectivity index (χ1) is 10.8. The molecule has 0 aromatic carbocycles. The van der Waals surface area contributed by atoms with E-state index in [1.165, 1.54) is 19.3 Å². The Bertz CT molecular complexity index is 490. The molecule has 2 aliphatic rings. The Morgan fingerprint density at radius 1 is 1.32 bits per heavy atom. The Hall–Kier alpha value is -1.01. The average Bonchev–Trinajstić information content (AvgIpc) is 3.17. The van der Waals surface area contributed by atoms with Crippen molar-refractivity contribution in [2.45, 2.75) is 50.4 Å². The predicted octanol–water partition coefficient (Wildman–Crippen LogP) is 2.97. The van der Waals surface area contributed by atoms with Crippen LogP contribution in [-0.2, 0) is 11.3 Å². The van der Waals surface area contributed by atoms with Crippen molar-refractivity contribution >= 4 is 17.7 Å². The van der Waals surface area contributed by atoms with E-state index >= 15 is 0 Å². The minimum Gasteiger partial charge on any atom is -0.376 e. The number of piperidine rings is 1. The molecule has 0 radical (unpaired) electrons. The molecule has 0 spiro atoms. The zero-order chi connectivity index (χ0) is 15.4. The first-order valence-corrected chi connectivity index (χ1v) is 9.30. The number of aromatic nitrogens is 3. The summed E-state index contributed by atoms with van der Waals surface area (Å²) in [4.78, 5) is 2.39. The Morgan fingerprint density at radius 3 is 2.82 bits per heavy atom. The van der Waals surface area contributed by atoms with Gasteiger partial charge in [0, 0.05) is 25.4 Å². The van der Waals surface area contributed by atoms with Gasteiger partial charge in [0.2, 0.25) is 5.95 Å². The van der Waals surface area contributed by atoms with Gasteiger partial charge < -0.3 is 9.64 Å². The van der Waals surface area contributed by atoms with Crippen LogP contribution < -0.4 is 4.90 Å². The second-order valence-corrected chi connectivity index (χ2v) is 7.28. The maximum absolute atomic E-state index is 5.82. The molecule has 2 fully saturated rings. The van der Waals surface area contributed by atoms with Crippen molar-refractivity contribution in [3.8, 4) is 0 Å². The molecule has 2 aliphatic heterocycles. The summed E-state index contributed by atoms with van der Waals surface area (Å²) in [5, 5.41) is 9.90. The zero-order valence-corrected chi connectivity index (χ0v) is 14.2. The van der Waals surface area contributed by atoms with Gasteiger partial charge in [0.05, 0.1) is 12.6 Å². The molecule has 122 valence electrons. The van der Waals surface area contributed by atoms with Crippen molar-refractivity contribution in [1.29, 1.82) is 0 Å². The Balaban J connectivity index is 1.77. The van der Waals surface area contributed by atoms with Crippen molar-refractivity contribution in [1.82, 2.24) is 14.8 Å². The van der Waals surface area contributed by atoms with E-state index in [-0.39, 0.29) is 0 Å². The SMILES string of the molecule is C=CCSc1nnc(N2CCC(C)CC2)n1C[C@@H]1CCCO1. The summed E-state index contributed by atoms with van der Waals surface area (Å²) in [6.07, 6.45) is 7.00. The summed E-state index contributed by atoms with van der Waals surface area (Å²) in [5.41, 5.74) is 0. The van der Waals surface area contributed by atoms with E-state index in [2.05, 4.69) is 33.2 Å². The van der Waals surface area contributed by atoms with Crippen LogP contribution in [0.4, 0.5) is 5.95 Å². The van der Waals surface area contributed by atoms with E-state index in [0.29, 0.717) is 6.10 Å². The van der Waals surface area contributed by atoms with Gasteiger partial charge in [-0.2, -0.15) is 0 Å². The smallest absolute Gasteiger partial charge is 0.228 e. The molecule has 0 N–H and O–H groups in total. The van der Waals surface area contributed by atoms with Crippen molar-refractivity contribution < 1.29 is 4.74 Å². The molecule has 0 aliphatic carbocycles. The maximum atomic E-state index is 5.82. The van der Waals surface area contributed by atoms with Gasteiger partial charge in [-0.15, -0.1) is 16.8 Å². The lowest BCUT2D eigenvalue weighted by Crippen LogP contribution is -2.35. The summed E-state index contributed by atoms with van der Waals surface area (Å²) >= 11 is 1.70. The highest BCUT2D eigenvalue weighted by molar-refractivity contribution is 7.99. The van der Waals surface area contributed by atoms with Crippen LogP contribution in [0.3, 0.4) is 0 Å². The normalized spacial score (nSPS) is 23.1. The lowest BCUT2D eigenvalue weighted by Gasteiger charge is -2.31. The molecule has 22 heavy (non-hydrogen) atoms. The fourth-order valence-corrected chi connectivity index (χ4v) is 3.79. The standard InChI is InChI=1S/C16H26N4OS/c1-3-11-22-16-18-17-15(19-8-6-13(2)7-9-19)20(16)12-14-5-4-10-21-14/h3,13-14H,1,4-12H2,2H3/t14-/m0/s1. The van der Waals surface area contributed by atoms with Gasteiger partial charge >= 0.3 is 0 Å². The number of rotatable bonds is 6. The zero-order valence-electron chi connectivity index (χ0n) is 13.4. The third kappa shape index (κ3) is 3.66. The highest BCUT2D eigenvalue weighted by Gasteiger charge is 2.25. The third-order valence-electron chi connectivity index (χ3n) is 4.50. The molecule has 0 unspecified atom stereocenters. The van der Waals surface area contributed by atoms with E-state index < -0.39 is 0 Å². The molecule has 0 bridgehead atoms. The summed E-state index contributed by atoms with van der Waals surface area (Å²) in [5.74, 6) is 2.70. The van der Waals surface area contributed by atoms with Crippen LogP contribution in [0.5, 0.6) is 0 Å². The van der Waals surface area contributed by atoms with Gasteiger partial charge in [0.15, 0.2) is 5.16 Å². The van der Waals surface area contributed by atoms with Crippen LogP contribution in [0, 0.1) is 5.92 Å². The van der Waals surface area contributed by atoms with Gasteiger partial charge in [0.25, 0.3) is 0 Å². The Kier molecular flexibility index (Phi) is 5.41. The summed E-state index contributed by atoms with van der Waals surface area (Å²) in [6, 6.07) is 0. The summed E-state index contributed by atoms with van der Waals surface area (Å²) in [7, 11) is 0. The quantitative estimate of drug-likeness (QED) is 0.595. The topological polar surface area (TPSA) is 43.2 Å². The van der Waals surface area contributed by atoms with Crippen molar-refractivity contribution in [2.75, 3.05) is 30.3 Å². The average molecular weight is 322 g/mol. The number of nitrogens with zero attached hydrogens (tertiary/aromatic N) is 4. The predicted molar refractivity (Wildman–Crippen MR) is 90.5 cm³/mol. The number of ether oxygens (including phenoxy) is 1. The fraction of sp³-hybridized carbons (Fsp3) is 0.750. The molecular formula is C16H26N4OS. The van der Waals surface area contributed by atoms with Crippen LogP contribution in [0.1, 0.15) is 32.6 Å². The Labute approximate surface area is 137 Å². The minimum atomic E-state index is 0.307. The van der Waals surface area contributed by atoms with Crippen LogP contribution in [0.25, 0.3) is 0 Å². The lowest BCUT2D eigenvalue weighted by atomic mass is 10.00. The first kappa shape index (κ1) is 15.9. The van der Waals surface area contributed by atoms with Crippen LogP contribution in [-0.4, -0.2) is 46.3 Å². The van der Waals surface area contributed by atoms with Crippen LogP contribution in [0.15, 0.2) is 17.8 Å².